The summed E-state index contributed by atoms with van der Waals surface area (Å²) in [4.78, 5) is 25.3. The van der Waals surface area contributed by atoms with Crippen molar-refractivity contribution in [3.63, 3.8) is 0 Å². The molecule has 0 atom stereocenters. The minimum absolute atomic E-state index is 0.0813. The molecule has 5 nitrogen and oxygen atoms in total. The van der Waals surface area contributed by atoms with Gasteiger partial charge in [0.15, 0.2) is 0 Å². The SMILES string of the molecule is Cc1cc(Cc2ccc(=O)n(Cc3ccc(F)cc3)n2)n(C)c1C(=O)c1ccc(Cl)cc1. The normalized spacial score (nSPS) is 11.0. The van der Waals surface area contributed by atoms with Crippen molar-refractivity contribution in [1.29, 1.82) is 0 Å². The Kier molecular flexibility index (Phi) is 6.06. The number of benzene rings is 2. The molecule has 0 bridgehead atoms. The van der Waals surface area contributed by atoms with Crippen LogP contribution >= 0.6 is 11.6 Å². The first kappa shape index (κ1) is 21.7. The molecule has 0 aliphatic rings. The highest BCUT2D eigenvalue weighted by atomic mass is 35.5. The minimum atomic E-state index is -0.328. The van der Waals surface area contributed by atoms with Gasteiger partial charge in [0, 0.05) is 35.8 Å². The van der Waals surface area contributed by atoms with Gasteiger partial charge in [-0.3, -0.25) is 9.59 Å². The van der Waals surface area contributed by atoms with Gasteiger partial charge in [0.2, 0.25) is 5.78 Å². The van der Waals surface area contributed by atoms with Gasteiger partial charge >= 0.3 is 0 Å². The molecule has 32 heavy (non-hydrogen) atoms. The van der Waals surface area contributed by atoms with Crippen LogP contribution < -0.4 is 5.56 Å². The van der Waals surface area contributed by atoms with E-state index in [0.717, 1.165) is 16.8 Å². The van der Waals surface area contributed by atoms with E-state index in [1.807, 2.05) is 24.6 Å². The van der Waals surface area contributed by atoms with Crippen LogP contribution in [0.1, 0.15) is 38.6 Å². The van der Waals surface area contributed by atoms with Crippen LogP contribution in [0.5, 0.6) is 0 Å². The Labute approximate surface area is 189 Å². The van der Waals surface area contributed by atoms with E-state index in [0.29, 0.717) is 28.4 Å². The zero-order valence-electron chi connectivity index (χ0n) is 17.7. The van der Waals surface area contributed by atoms with Gasteiger partial charge in [-0.05, 0) is 66.6 Å². The second-order valence-electron chi connectivity index (χ2n) is 7.69. The topological polar surface area (TPSA) is 56.9 Å². The predicted octanol–water partition coefficient (Wildman–Crippen LogP) is 4.55. The van der Waals surface area contributed by atoms with E-state index in [-0.39, 0.29) is 23.7 Å². The molecule has 0 aliphatic carbocycles. The van der Waals surface area contributed by atoms with E-state index in [2.05, 4.69) is 5.10 Å². The number of aryl methyl sites for hydroxylation is 1. The number of nitrogens with zero attached hydrogens (tertiary/aromatic N) is 3. The molecule has 2 aromatic heterocycles. The second-order valence-corrected chi connectivity index (χ2v) is 8.12. The van der Waals surface area contributed by atoms with Crippen molar-refractivity contribution in [2.45, 2.75) is 19.9 Å². The van der Waals surface area contributed by atoms with Crippen molar-refractivity contribution in [1.82, 2.24) is 14.3 Å². The standard InChI is InChI=1S/C25H21ClFN3O2/c1-16-13-22(29(2)24(16)25(32)18-5-7-19(26)8-6-18)14-21-11-12-23(31)30(28-21)15-17-3-9-20(27)10-4-17/h3-13H,14-15H2,1-2H3. The quantitative estimate of drug-likeness (QED) is 0.406. The van der Waals surface area contributed by atoms with Crippen molar-refractivity contribution in [2.75, 3.05) is 0 Å². The fourth-order valence-corrected chi connectivity index (χ4v) is 3.84. The monoisotopic (exact) mass is 449 g/mol. The molecule has 0 saturated carbocycles. The van der Waals surface area contributed by atoms with Crippen LogP contribution in [0.15, 0.2) is 71.5 Å². The summed E-state index contributed by atoms with van der Waals surface area (Å²) in [5.41, 5.74) is 4.17. The van der Waals surface area contributed by atoms with Crippen molar-refractivity contribution in [3.8, 4) is 0 Å². The Hall–Kier alpha value is -3.51. The summed E-state index contributed by atoms with van der Waals surface area (Å²) >= 11 is 5.94. The molecule has 0 unspecified atom stereocenters. The molecule has 0 radical (unpaired) electrons. The molecule has 162 valence electrons. The van der Waals surface area contributed by atoms with Gasteiger partial charge in [0.1, 0.15) is 5.82 Å². The number of carbonyl (C=O) groups excluding carboxylic acids is 1. The largest absolute Gasteiger partial charge is 0.344 e. The molecule has 0 N–H and O–H groups in total. The summed E-state index contributed by atoms with van der Waals surface area (Å²) in [6.45, 7) is 2.15. The van der Waals surface area contributed by atoms with Crippen molar-refractivity contribution < 1.29 is 9.18 Å². The molecule has 4 aromatic rings. The van der Waals surface area contributed by atoms with Crippen LogP contribution in [-0.4, -0.2) is 20.1 Å². The smallest absolute Gasteiger partial charge is 0.267 e. The molecule has 0 aliphatic heterocycles. The highest BCUT2D eigenvalue weighted by molar-refractivity contribution is 6.30. The summed E-state index contributed by atoms with van der Waals surface area (Å²) in [6.07, 6.45) is 0.453. The minimum Gasteiger partial charge on any atom is -0.344 e. The summed E-state index contributed by atoms with van der Waals surface area (Å²) in [5, 5.41) is 5.05. The summed E-state index contributed by atoms with van der Waals surface area (Å²) < 4.78 is 16.4. The Bertz CT molecular complexity index is 1340. The Balaban J connectivity index is 1.60. The zero-order valence-corrected chi connectivity index (χ0v) is 18.4. The highest BCUT2D eigenvalue weighted by Crippen LogP contribution is 2.21. The van der Waals surface area contributed by atoms with Crippen LogP contribution in [0.3, 0.4) is 0 Å². The lowest BCUT2D eigenvalue weighted by Crippen LogP contribution is -2.24. The Morgan fingerprint density at radius 2 is 1.72 bits per heavy atom. The Morgan fingerprint density at radius 3 is 2.41 bits per heavy atom. The number of hydrogen-bond donors (Lipinski definition) is 0. The van der Waals surface area contributed by atoms with Gasteiger partial charge < -0.3 is 4.57 Å². The number of rotatable bonds is 6. The lowest BCUT2D eigenvalue weighted by Gasteiger charge is -2.10. The van der Waals surface area contributed by atoms with Crippen LogP contribution in [0.4, 0.5) is 4.39 Å². The van der Waals surface area contributed by atoms with E-state index in [4.69, 9.17) is 11.6 Å². The molecule has 2 heterocycles. The molecule has 0 fully saturated rings. The van der Waals surface area contributed by atoms with E-state index in [1.165, 1.54) is 22.9 Å². The van der Waals surface area contributed by atoms with Crippen LogP contribution in [-0.2, 0) is 20.0 Å². The van der Waals surface area contributed by atoms with E-state index in [9.17, 15) is 14.0 Å². The van der Waals surface area contributed by atoms with Crippen molar-refractivity contribution in [3.05, 3.63) is 122 Å². The van der Waals surface area contributed by atoms with Crippen LogP contribution in [0, 0.1) is 12.7 Å². The first-order chi connectivity index (χ1) is 15.3. The maximum atomic E-state index is 13.2. The van der Waals surface area contributed by atoms with Gasteiger partial charge in [-0.15, -0.1) is 0 Å². The lowest BCUT2D eigenvalue weighted by atomic mass is 10.1. The molecule has 4 rings (SSSR count). The van der Waals surface area contributed by atoms with Crippen LogP contribution in [0.25, 0.3) is 0 Å². The maximum absolute atomic E-state index is 13.2. The third-order valence-corrected chi connectivity index (χ3v) is 5.63. The fraction of sp³-hybridized carbons (Fsp3) is 0.160. The molecule has 0 spiro atoms. The average Bonchev–Trinajstić information content (AvgIpc) is 3.05. The van der Waals surface area contributed by atoms with Gasteiger partial charge in [-0.2, -0.15) is 5.10 Å². The van der Waals surface area contributed by atoms with E-state index < -0.39 is 0 Å². The highest BCUT2D eigenvalue weighted by Gasteiger charge is 2.19. The lowest BCUT2D eigenvalue weighted by molar-refractivity contribution is 0.103. The van der Waals surface area contributed by atoms with Gasteiger partial charge in [0.25, 0.3) is 5.56 Å². The van der Waals surface area contributed by atoms with Gasteiger partial charge in [-0.1, -0.05) is 23.7 Å². The van der Waals surface area contributed by atoms with Crippen molar-refractivity contribution >= 4 is 17.4 Å². The first-order valence-electron chi connectivity index (χ1n) is 10.1. The number of hydrogen-bond acceptors (Lipinski definition) is 3. The number of ketones is 1. The molecule has 2 aromatic carbocycles. The summed E-state index contributed by atoms with van der Waals surface area (Å²) in [7, 11) is 1.85. The maximum Gasteiger partial charge on any atom is 0.267 e. The van der Waals surface area contributed by atoms with Crippen molar-refractivity contribution in [2.24, 2.45) is 7.05 Å². The van der Waals surface area contributed by atoms with Gasteiger partial charge in [0.05, 0.1) is 17.9 Å². The molecule has 7 heteroatoms. The molecule has 0 amide bonds. The Morgan fingerprint density at radius 1 is 1.03 bits per heavy atom. The average molecular weight is 450 g/mol. The molecule has 0 saturated heterocycles. The van der Waals surface area contributed by atoms with E-state index in [1.54, 1.807) is 42.5 Å². The first-order valence-corrected chi connectivity index (χ1v) is 10.5. The third kappa shape index (κ3) is 4.55. The summed E-state index contributed by atoms with van der Waals surface area (Å²) in [6, 6.07) is 17.9. The molecular formula is C25H21ClFN3O2. The zero-order chi connectivity index (χ0) is 22.8. The second kappa shape index (κ2) is 8.93. The fourth-order valence-electron chi connectivity index (χ4n) is 3.71. The number of halogens is 2. The predicted molar refractivity (Wildman–Crippen MR) is 122 cm³/mol. The number of carbonyl (C=O) groups is 1. The third-order valence-electron chi connectivity index (χ3n) is 5.37. The summed E-state index contributed by atoms with van der Waals surface area (Å²) in [5.74, 6) is -0.409. The van der Waals surface area contributed by atoms with E-state index >= 15 is 0 Å². The van der Waals surface area contributed by atoms with Crippen LogP contribution in [0.2, 0.25) is 5.02 Å². The molecular weight excluding hydrogens is 429 g/mol. The number of aromatic nitrogens is 3. The van der Waals surface area contributed by atoms with Gasteiger partial charge in [-0.25, -0.2) is 9.07 Å².